The Labute approximate surface area is 184 Å². The van der Waals surface area contributed by atoms with E-state index >= 15 is 0 Å². The van der Waals surface area contributed by atoms with E-state index in [2.05, 4.69) is 34.6 Å². The highest BCUT2D eigenvalue weighted by molar-refractivity contribution is 5.79. The SMILES string of the molecule is CC(C)CCCC(C)C1CCC2C3C(C[C@H](O)C12C)C1(C)CCC(=O)CC1C[C@H]3O. The van der Waals surface area contributed by atoms with Gasteiger partial charge in [0, 0.05) is 12.8 Å². The summed E-state index contributed by atoms with van der Waals surface area (Å²) in [5.74, 6) is 3.74. The Morgan fingerprint density at radius 3 is 2.47 bits per heavy atom. The van der Waals surface area contributed by atoms with Crippen LogP contribution in [0.15, 0.2) is 0 Å². The minimum absolute atomic E-state index is 0.0624. The third-order valence-electron chi connectivity index (χ3n) is 10.8. The predicted molar refractivity (Wildman–Crippen MR) is 121 cm³/mol. The maximum Gasteiger partial charge on any atom is 0.133 e. The molecule has 172 valence electrons. The second-order valence-corrected chi connectivity index (χ2v) is 12.6. The summed E-state index contributed by atoms with van der Waals surface area (Å²) in [6.45, 7) is 11.8. The van der Waals surface area contributed by atoms with Crippen molar-refractivity contribution in [1.29, 1.82) is 0 Å². The van der Waals surface area contributed by atoms with Gasteiger partial charge in [0.2, 0.25) is 0 Å². The molecule has 0 saturated heterocycles. The number of rotatable bonds is 5. The molecule has 4 saturated carbocycles. The molecule has 8 unspecified atom stereocenters. The smallest absolute Gasteiger partial charge is 0.133 e. The monoisotopic (exact) mass is 418 g/mol. The quantitative estimate of drug-likeness (QED) is 0.609. The van der Waals surface area contributed by atoms with E-state index in [0.717, 1.165) is 31.6 Å². The summed E-state index contributed by atoms with van der Waals surface area (Å²) in [5, 5.41) is 22.9. The largest absolute Gasteiger partial charge is 0.393 e. The van der Waals surface area contributed by atoms with Crippen LogP contribution in [0.3, 0.4) is 0 Å². The summed E-state index contributed by atoms with van der Waals surface area (Å²) in [5.41, 5.74) is 0.0498. The minimum atomic E-state index is -0.300. The Morgan fingerprint density at radius 2 is 1.77 bits per heavy atom. The molecule has 0 aromatic rings. The molecule has 2 N–H and O–H groups in total. The van der Waals surface area contributed by atoms with E-state index in [-0.39, 0.29) is 23.0 Å². The van der Waals surface area contributed by atoms with E-state index in [1.165, 1.54) is 25.7 Å². The highest BCUT2D eigenvalue weighted by Crippen LogP contribution is 2.68. The van der Waals surface area contributed by atoms with Crippen LogP contribution in [0.1, 0.15) is 98.8 Å². The summed E-state index contributed by atoms with van der Waals surface area (Å²) < 4.78 is 0. The molecule has 3 heteroatoms. The van der Waals surface area contributed by atoms with Crippen LogP contribution in [0.5, 0.6) is 0 Å². The molecule has 0 spiro atoms. The van der Waals surface area contributed by atoms with Crippen molar-refractivity contribution in [3.63, 3.8) is 0 Å². The summed E-state index contributed by atoms with van der Waals surface area (Å²) in [6.07, 6.45) is 9.54. The van der Waals surface area contributed by atoms with Crippen LogP contribution >= 0.6 is 0 Å². The molecule has 0 amide bonds. The van der Waals surface area contributed by atoms with E-state index in [0.29, 0.717) is 54.1 Å². The Hall–Kier alpha value is -0.410. The van der Waals surface area contributed by atoms with Crippen LogP contribution in [0.25, 0.3) is 0 Å². The molecular formula is C27H46O3. The summed E-state index contributed by atoms with van der Waals surface area (Å²) in [7, 11) is 0. The highest BCUT2D eigenvalue weighted by atomic mass is 16.3. The molecule has 0 aromatic carbocycles. The lowest BCUT2D eigenvalue weighted by atomic mass is 9.43. The van der Waals surface area contributed by atoms with Crippen LogP contribution in [-0.2, 0) is 4.79 Å². The maximum atomic E-state index is 12.1. The van der Waals surface area contributed by atoms with Gasteiger partial charge >= 0.3 is 0 Å². The number of aliphatic hydroxyl groups excluding tert-OH is 2. The molecule has 30 heavy (non-hydrogen) atoms. The summed E-state index contributed by atoms with van der Waals surface area (Å²) in [6, 6.07) is 0. The molecule has 3 nitrogen and oxygen atoms in total. The van der Waals surface area contributed by atoms with Crippen molar-refractivity contribution in [2.45, 2.75) is 111 Å². The molecule has 0 heterocycles. The first-order chi connectivity index (χ1) is 14.1. The summed E-state index contributed by atoms with van der Waals surface area (Å²) >= 11 is 0. The van der Waals surface area contributed by atoms with Gasteiger partial charge in [0.25, 0.3) is 0 Å². The average Bonchev–Trinajstić information content (AvgIpc) is 3.02. The number of hydrogen-bond donors (Lipinski definition) is 2. The van der Waals surface area contributed by atoms with E-state index in [1.54, 1.807) is 0 Å². The minimum Gasteiger partial charge on any atom is -0.393 e. The zero-order valence-corrected chi connectivity index (χ0v) is 20.1. The number of hydrogen-bond acceptors (Lipinski definition) is 3. The second-order valence-electron chi connectivity index (χ2n) is 12.6. The second kappa shape index (κ2) is 8.18. The van der Waals surface area contributed by atoms with Gasteiger partial charge in [-0.25, -0.2) is 0 Å². The van der Waals surface area contributed by atoms with Gasteiger partial charge in [-0.05, 0) is 84.4 Å². The van der Waals surface area contributed by atoms with E-state index < -0.39 is 0 Å². The molecule has 0 aromatic heterocycles. The third-order valence-corrected chi connectivity index (χ3v) is 10.8. The van der Waals surface area contributed by atoms with Crippen molar-refractivity contribution in [3.05, 3.63) is 0 Å². The number of carbonyl (C=O) groups is 1. The first-order valence-corrected chi connectivity index (χ1v) is 13.0. The predicted octanol–water partition coefficient (Wildman–Crippen LogP) is 5.62. The number of ketones is 1. The lowest BCUT2D eigenvalue weighted by Crippen LogP contribution is -2.62. The molecule has 4 rings (SSSR count). The van der Waals surface area contributed by atoms with Crippen LogP contribution in [0, 0.1) is 52.3 Å². The fourth-order valence-corrected chi connectivity index (χ4v) is 8.99. The zero-order valence-electron chi connectivity index (χ0n) is 20.1. The third kappa shape index (κ3) is 3.51. The van der Waals surface area contributed by atoms with E-state index in [4.69, 9.17) is 0 Å². The Morgan fingerprint density at radius 1 is 1.03 bits per heavy atom. The molecule has 4 aliphatic carbocycles. The van der Waals surface area contributed by atoms with Gasteiger partial charge in [-0.2, -0.15) is 0 Å². The van der Waals surface area contributed by atoms with Gasteiger partial charge in [0.05, 0.1) is 12.2 Å². The van der Waals surface area contributed by atoms with Crippen molar-refractivity contribution >= 4 is 5.78 Å². The topological polar surface area (TPSA) is 57.5 Å². The number of carbonyl (C=O) groups excluding carboxylic acids is 1. The number of fused-ring (bicyclic) bond motifs is 5. The van der Waals surface area contributed by atoms with E-state index in [1.807, 2.05) is 0 Å². The van der Waals surface area contributed by atoms with Gasteiger partial charge in [0.1, 0.15) is 5.78 Å². The van der Waals surface area contributed by atoms with Gasteiger partial charge in [0.15, 0.2) is 0 Å². The molecule has 0 aliphatic heterocycles. The normalized spacial score (nSPS) is 49.5. The Balaban J connectivity index is 1.56. The number of Topliss-reactive ketones (excluding diaryl/α,β-unsaturated/α-hetero) is 1. The fourth-order valence-electron chi connectivity index (χ4n) is 8.99. The molecule has 10 atom stereocenters. The van der Waals surface area contributed by atoms with Crippen molar-refractivity contribution in [2.75, 3.05) is 0 Å². The van der Waals surface area contributed by atoms with Gasteiger partial charge in [-0.3, -0.25) is 4.79 Å². The van der Waals surface area contributed by atoms with Crippen LogP contribution in [0.2, 0.25) is 0 Å². The first-order valence-electron chi connectivity index (χ1n) is 13.0. The van der Waals surface area contributed by atoms with Crippen molar-refractivity contribution in [3.8, 4) is 0 Å². The van der Waals surface area contributed by atoms with Gasteiger partial charge < -0.3 is 10.2 Å². The van der Waals surface area contributed by atoms with Crippen molar-refractivity contribution < 1.29 is 15.0 Å². The Kier molecular flexibility index (Phi) is 6.21. The molecular weight excluding hydrogens is 372 g/mol. The average molecular weight is 419 g/mol. The van der Waals surface area contributed by atoms with Crippen LogP contribution in [-0.4, -0.2) is 28.2 Å². The first kappa shape index (κ1) is 22.8. The molecule has 0 radical (unpaired) electrons. The van der Waals surface area contributed by atoms with E-state index in [9.17, 15) is 15.0 Å². The van der Waals surface area contributed by atoms with Gasteiger partial charge in [-0.15, -0.1) is 0 Å². The lowest BCUT2D eigenvalue weighted by molar-refractivity contribution is -0.201. The number of aliphatic hydroxyl groups is 2. The lowest BCUT2D eigenvalue weighted by Gasteiger charge is -2.63. The molecule has 0 bridgehead atoms. The molecule has 4 fully saturated rings. The van der Waals surface area contributed by atoms with Crippen LogP contribution < -0.4 is 0 Å². The van der Waals surface area contributed by atoms with Gasteiger partial charge in [-0.1, -0.05) is 53.9 Å². The molecule has 4 aliphatic rings. The summed E-state index contributed by atoms with van der Waals surface area (Å²) in [4.78, 5) is 12.1. The van der Waals surface area contributed by atoms with Crippen molar-refractivity contribution in [1.82, 2.24) is 0 Å². The Bertz CT molecular complexity index is 644. The highest BCUT2D eigenvalue weighted by Gasteiger charge is 2.65. The van der Waals surface area contributed by atoms with Crippen molar-refractivity contribution in [2.24, 2.45) is 52.3 Å². The maximum absolute atomic E-state index is 12.1. The van der Waals surface area contributed by atoms with Crippen LogP contribution in [0.4, 0.5) is 0 Å². The standard InChI is InChI=1S/C27H46O3/c1-16(2)7-6-8-17(3)20-9-10-21-25-22(15-24(30)27(20,21)5)26(4)12-11-19(28)13-18(26)14-23(25)29/h16-18,20-25,29-30H,6-15H2,1-5H3/t17?,18?,20?,21?,22?,23-,24+,25?,26?,27?/m1/s1. The fraction of sp³-hybridized carbons (Fsp3) is 0.963. The zero-order chi connectivity index (χ0) is 21.8.